The number of halogens is 1. The lowest BCUT2D eigenvalue weighted by atomic mass is 9.95. The Hall–Kier alpha value is -2.17. The molecule has 1 saturated heterocycles. The molecule has 3 rings (SSSR count). The molecule has 21 heavy (non-hydrogen) atoms. The van der Waals surface area contributed by atoms with Gasteiger partial charge in [0.1, 0.15) is 11.6 Å². The second-order valence-corrected chi connectivity index (χ2v) is 5.38. The quantitative estimate of drug-likeness (QED) is 0.849. The number of hydrogen-bond acceptors (Lipinski definition) is 3. The Kier molecular flexibility index (Phi) is 3.73. The van der Waals surface area contributed by atoms with Gasteiger partial charge in [0.05, 0.1) is 6.04 Å². The van der Waals surface area contributed by atoms with Crippen LogP contribution in [0.5, 0.6) is 0 Å². The number of nitrogens with zero attached hydrogens (tertiary/aromatic N) is 2. The SMILES string of the molecule is Cc1cc(C(=O)N2CCCCC2c2ccc(F)cc2)no1. The first-order valence-corrected chi connectivity index (χ1v) is 7.15. The third-order valence-corrected chi connectivity index (χ3v) is 3.87. The van der Waals surface area contributed by atoms with E-state index in [0.717, 1.165) is 24.8 Å². The van der Waals surface area contributed by atoms with E-state index in [0.29, 0.717) is 18.0 Å². The van der Waals surface area contributed by atoms with E-state index in [-0.39, 0.29) is 17.8 Å². The lowest BCUT2D eigenvalue weighted by Gasteiger charge is -2.35. The molecular weight excluding hydrogens is 271 g/mol. The highest BCUT2D eigenvalue weighted by atomic mass is 19.1. The summed E-state index contributed by atoms with van der Waals surface area (Å²) >= 11 is 0. The summed E-state index contributed by atoms with van der Waals surface area (Å²) in [5.74, 6) is 0.231. The van der Waals surface area contributed by atoms with Crippen molar-refractivity contribution >= 4 is 5.91 Å². The van der Waals surface area contributed by atoms with Gasteiger partial charge in [0.25, 0.3) is 5.91 Å². The van der Waals surface area contributed by atoms with E-state index in [1.807, 2.05) is 4.90 Å². The Morgan fingerprint density at radius 1 is 1.33 bits per heavy atom. The fraction of sp³-hybridized carbons (Fsp3) is 0.375. The molecule has 1 amide bonds. The van der Waals surface area contributed by atoms with Crippen molar-refractivity contribution in [2.24, 2.45) is 0 Å². The molecule has 0 bridgehead atoms. The Labute approximate surface area is 122 Å². The van der Waals surface area contributed by atoms with Gasteiger partial charge in [-0.1, -0.05) is 17.3 Å². The largest absolute Gasteiger partial charge is 0.361 e. The summed E-state index contributed by atoms with van der Waals surface area (Å²) in [6.45, 7) is 2.45. The van der Waals surface area contributed by atoms with Gasteiger partial charge in [0.15, 0.2) is 5.69 Å². The number of likely N-dealkylation sites (tertiary alicyclic amines) is 1. The lowest BCUT2D eigenvalue weighted by molar-refractivity contribution is 0.0601. The number of piperidine rings is 1. The van der Waals surface area contributed by atoms with E-state index in [2.05, 4.69) is 5.16 Å². The van der Waals surface area contributed by atoms with Gasteiger partial charge in [-0.05, 0) is 43.9 Å². The smallest absolute Gasteiger partial charge is 0.276 e. The molecule has 1 aliphatic heterocycles. The van der Waals surface area contributed by atoms with Gasteiger partial charge >= 0.3 is 0 Å². The summed E-state index contributed by atoms with van der Waals surface area (Å²) in [6.07, 6.45) is 2.91. The third-order valence-electron chi connectivity index (χ3n) is 3.87. The summed E-state index contributed by atoms with van der Waals surface area (Å²) < 4.78 is 18.1. The predicted octanol–water partition coefficient (Wildman–Crippen LogP) is 3.49. The average Bonchev–Trinajstić information content (AvgIpc) is 2.94. The third kappa shape index (κ3) is 2.82. The number of aryl methyl sites for hydroxylation is 1. The number of amides is 1. The van der Waals surface area contributed by atoms with Crippen molar-refractivity contribution in [3.8, 4) is 0 Å². The Morgan fingerprint density at radius 3 is 2.76 bits per heavy atom. The molecular formula is C16H17FN2O2. The van der Waals surface area contributed by atoms with Crippen LogP contribution < -0.4 is 0 Å². The van der Waals surface area contributed by atoms with Gasteiger partial charge in [-0.15, -0.1) is 0 Å². The standard InChI is InChI=1S/C16H17FN2O2/c1-11-10-14(18-21-11)16(20)19-9-3-2-4-15(19)12-5-7-13(17)8-6-12/h5-8,10,15H,2-4,9H2,1H3. The van der Waals surface area contributed by atoms with E-state index in [4.69, 9.17) is 4.52 Å². The number of rotatable bonds is 2. The van der Waals surface area contributed by atoms with Gasteiger partial charge in [-0.3, -0.25) is 4.79 Å². The minimum atomic E-state index is -0.264. The molecule has 5 heteroatoms. The van der Waals surface area contributed by atoms with Crippen LogP contribution in [0.15, 0.2) is 34.9 Å². The molecule has 1 aromatic heterocycles. The predicted molar refractivity (Wildman–Crippen MR) is 75.3 cm³/mol. The van der Waals surface area contributed by atoms with Crippen molar-refractivity contribution in [2.75, 3.05) is 6.54 Å². The summed E-state index contributed by atoms with van der Waals surface area (Å²) in [6, 6.07) is 8.00. The molecule has 2 heterocycles. The van der Waals surface area contributed by atoms with E-state index in [1.54, 1.807) is 25.1 Å². The van der Waals surface area contributed by atoms with E-state index in [1.165, 1.54) is 12.1 Å². The van der Waals surface area contributed by atoms with Crippen molar-refractivity contribution < 1.29 is 13.7 Å². The first kappa shape index (κ1) is 13.8. The molecule has 0 aliphatic carbocycles. The Morgan fingerprint density at radius 2 is 2.10 bits per heavy atom. The number of aromatic nitrogens is 1. The Balaban J connectivity index is 1.87. The molecule has 0 radical (unpaired) electrons. The lowest BCUT2D eigenvalue weighted by Crippen LogP contribution is -2.38. The highest BCUT2D eigenvalue weighted by molar-refractivity contribution is 5.92. The van der Waals surface area contributed by atoms with Gasteiger partial charge in [-0.2, -0.15) is 0 Å². The number of hydrogen-bond donors (Lipinski definition) is 0. The second kappa shape index (κ2) is 5.68. The van der Waals surface area contributed by atoms with Crippen LogP contribution in [0.3, 0.4) is 0 Å². The minimum Gasteiger partial charge on any atom is -0.361 e. The maximum atomic E-state index is 13.1. The highest BCUT2D eigenvalue weighted by Crippen LogP contribution is 2.32. The first-order valence-electron chi connectivity index (χ1n) is 7.15. The maximum Gasteiger partial charge on any atom is 0.276 e. The van der Waals surface area contributed by atoms with Crippen molar-refractivity contribution in [3.63, 3.8) is 0 Å². The molecule has 1 unspecified atom stereocenters. The van der Waals surface area contributed by atoms with Crippen LogP contribution >= 0.6 is 0 Å². The number of carbonyl (C=O) groups excluding carboxylic acids is 1. The zero-order chi connectivity index (χ0) is 14.8. The average molecular weight is 288 g/mol. The fourth-order valence-electron chi connectivity index (χ4n) is 2.82. The van der Waals surface area contributed by atoms with Crippen LogP contribution in [0.2, 0.25) is 0 Å². The first-order chi connectivity index (χ1) is 10.1. The second-order valence-electron chi connectivity index (χ2n) is 5.38. The monoisotopic (exact) mass is 288 g/mol. The van der Waals surface area contributed by atoms with Crippen LogP contribution in [0.1, 0.15) is 47.1 Å². The van der Waals surface area contributed by atoms with Gasteiger partial charge in [0.2, 0.25) is 0 Å². The molecule has 2 aromatic rings. The van der Waals surface area contributed by atoms with Gasteiger partial charge in [-0.25, -0.2) is 4.39 Å². The van der Waals surface area contributed by atoms with Crippen molar-refractivity contribution in [2.45, 2.75) is 32.2 Å². The van der Waals surface area contributed by atoms with Crippen molar-refractivity contribution in [1.29, 1.82) is 0 Å². The van der Waals surface area contributed by atoms with E-state index < -0.39 is 0 Å². The molecule has 110 valence electrons. The molecule has 0 saturated carbocycles. The van der Waals surface area contributed by atoms with Crippen LogP contribution in [-0.4, -0.2) is 22.5 Å². The topological polar surface area (TPSA) is 46.3 Å². The van der Waals surface area contributed by atoms with Crippen LogP contribution in [0.4, 0.5) is 4.39 Å². The Bertz CT molecular complexity index is 636. The molecule has 1 aliphatic rings. The molecule has 1 aromatic carbocycles. The highest BCUT2D eigenvalue weighted by Gasteiger charge is 2.30. The normalized spacial score (nSPS) is 18.8. The zero-order valence-electron chi connectivity index (χ0n) is 11.9. The zero-order valence-corrected chi connectivity index (χ0v) is 11.9. The minimum absolute atomic E-state index is 0.0242. The van der Waals surface area contributed by atoms with Crippen molar-refractivity contribution in [1.82, 2.24) is 10.1 Å². The van der Waals surface area contributed by atoms with Crippen molar-refractivity contribution in [3.05, 3.63) is 53.2 Å². The van der Waals surface area contributed by atoms with E-state index >= 15 is 0 Å². The van der Waals surface area contributed by atoms with Crippen LogP contribution in [0.25, 0.3) is 0 Å². The fourth-order valence-corrected chi connectivity index (χ4v) is 2.82. The van der Waals surface area contributed by atoms with Crippen LogP contribution in [0, 0.1) is 12.7 Å². The van der Waals surface area contributed by atoms with Gasteiger partial charge < -0.3 is 9.42 Å². The maximum absolute atomic E-state index is 13.1. The summed E-state index contributed by atoms with van der Waals surface area (Å²) in [5, 5.41) is 3.81. The molecule has 0 spiro atoms. The summed E-state index contributed by atoms with van der Waals surface area (Å²) in [7, 11) is 0. The molecule has 0 N–H and O–H groups in total. The number of benzene rings is 1. The van der Waals surface area contributed by atoms with E-state index in [9.17, 15) is 9.18 Å². The summed E-state index contributed by atoms with van der Waals surface area (Å²) in [4.78, 5) is 14.4. The van der Waals surface area contributed by atoms with Crippen LogP contribution in [-0.2, 0) is 0 Å². The molecule has 1 atom stereocenters. The van der Waals surface area contributed by atoms with Gasteiger partial charge in [0, 0.05) is 12.6 Å². The molecule has 4 nitrogen and oxygen atoms in total. The number of carbonyl (C=O) groups is 1. The molecule has 1 fully saturated rings. The summed E-state index contributed by atoms with van der Waals surface area (Å²) in [5.41, 5.74) is 1.30.